The SMILES string of the molecule is Cc1nn(C)c2sc(C(=O)NC(c3ccccc3)C(C)(C)C)cc12. The Labute approximate surface area is 146 Å². The molecule has 0 aliphatic heterocycles. The van der Waals surface area contributed by atoms with E-state index in [0.717, 1.165) is 26.4 Å². The molecule has 0 saturated heterocycles. The first-order valence-electron chi connectivity index (χ1n) is 8.06. The number of fused-ring (bicyclic) bond motifs is 1. The van der Waals surface area contributed by atoms with Gasteiger partial charge in [-0.3, -0.25) is 9.48 Å². The van der Waals surface area contributed by atoms with Crippen LogP contribution in [0.3, 0.4) is 0 Å². The lowest BCUT2D eigenvalue weighted by molar-refractivity contribution is 0.0906. The van der Waals surface area contributed by atoms with E-state index in [9.17, 15) is 4.79 Å². The number of hydrogen-bond acceptors (Lipinski definition) is 3. The van der Waals surface area contributed by atoms with E-state index < -0.39 is 0 Å². The lowest BCUT2D eigenvalue weighted by Gasteiger charge is -2.31. The molecule has 24 heavy (non-hydrogen) atoms. The molecule has 0 fully saturated rings. The van der Waals surface area contributed by atoms with Gasteiger partial charge in [0.2, 0.25) is 0 Å². The van der Waals surface area contributed by atoms with Crippen molar-refractivity contribution >= 4 is 27.5 Å². The number of hydrogen-bond donors (Lipinski definition) is 1. The van der Waals surface area contributed by atoms with Crippen molar-refractivity contribution in [2.45, 2.75) is 33.7 Å². The zero-order valence-electron chi connectivity index (χ0n) is 14.8. The molecule has 2 aromatic heterocycles. The van der Waals surface area contributed by atoms with Gasteiger partial charge in [0.25, 0.3) is 5.91 Å². The molecule has 0 spiro atoms. The second-order valence-corrected chi connectivity index (χ2v) is 8.25. The summed E-state index contributed by atoms with van der Waals surface area (Å²) in [6.07, 6.45) is 0. The molecular formula is C19H23N3OS. The third-order valence-electron chi connectivity index (χ3n) is 4.19. The predicted octanol–water partition coefficient (Wildman–Crippen LogP) is 4.46. The van der Waals surface area contributed by atoms with Gasteiger partial charge in [0.05, 0.1) is 16.6 Å². The first-order valence-corrected chi connectivity index (χ1v) is 8.88. The van der Waals surface area contributed by atoms with Crippen molar-refractivity contribution in [1.82, 2.24) is 15.1 Å². The highest BCUT2D eigenvalue weighted by molar-refractivity contribution is 7.20. The number of aryl methyl sites for hydroxylation is 2. The quantitative estimate of drug-likeness (QED) is 0.764. The minimum atomic E-state index is -0.0782. The van der Waals surface area contributed by atoms with Gasteiger partial charge >= 0.3 is 0 Å². The highest BCUT2D eigenvalue weighted by atomic mass is 32.1. The molecule has 0 bridgehead atoms. The maximum atomic E-state index is 12.8. The molecule has 1 amide bonds. The number of carbonyl (C=O) groups is 1. The van der Waals surface area contributed by atoms with Gasteiger partial charge in [-0.05, 0) is 24.0 Å². The smallest absolute Gasteiger partial charge is 0.261 e. The molecule has 126 valence electrons. The first-order chi connectivity index (χ1) is 11.3. The minimum Gasteiger partial charge on any atom is -0.344 e. The number of thiophene rings is 1. The summed E-state index contributed by atoms with van der Waals surface area (Å²) in [6.45, 7) is 8.40. The molecule has 1 N–H and O–H groups in total. The summed E-state index contributed by atoms with van der Waals surface area (Å²) in [4.78, 5) is 14.6. The van der Waals surface area contributed by atoms with Crippen LogP contribution in [-0.2, 0) is 7.05 Å². The zero-order chi connectivity index (χ0) is 17.5. The Hall–Kier alpha value is -2.14. The molecule has 5 heteroatoms. The average Bonchev–Trinajstić information content (AvgIpc) is 3.07. The Bertz CT molecular complexity index is 837. The summed E-state index contributed by atoms with van der Waals surface area (Å²) in [5, 5.41) is 8.67. The third kappa shape index (κ3) is 3.08. The Kier molecular flexibility index (Phi) is 4.22. The molecule has 2 heterocycles. The lowest BCUT2D eigenvalue weighted by atomic mass is 9.82. The van der Waals surface area contributed by atoms with Gasteiger partial charge in [-0.25, -0.2) is 0 Å². The van der Waals surface area contributed by atoms with Crippen molar-refractivity contribution in [3.8, 4) is 0 Å². The maximum Gasteiger partial charge on any atom is 0.261 e. The van der Waals surface area contributed by atoms with Crippen LogP contribution in [0, 0.1) is 12.3 Å². The van der Waals surface area contributed by atoms with Crippen LogP contribution >= 0.6 is 11.3 Å². The highest BCUT2D eigenvalue weighted by Gasteiger charge is 2.28. The van der Waals surface area contributed by atoms with E-state index in [1.54, 1.807) is 0 Å². The van der Waals surface area contributed by atoms with Crippen LogP contribution in [0.4, 0.5) is 0 Å². The van der Waals surface area contributed by atoms with Crippen LogP contribution in [0.15, 0.2) is 36.4 Å². The highest BCUT2D eigenvalue weighted by Crippen LogP contribution is 2.34. The molecule has 3 rings (SSSR count). The van der Waals surface area contributed by atoms with Crippen LogP contribution < -0.4 is 5.32 Å². The fraction of sp³-hybridized carbons (Fsp3) is 0.368. The molecule has 1 aromatic carbocycles. The number of aromatic nitrogens is 2. The van der Waals surface area contributed by atoms with Crippen LogP contribution in [-0.4, -0.2) is 15.7 Å². The van der Waals surface area contributed by atoms with Gasteiger partial charge in [0.1, 0.15) is 4.83 Å². The predicted molar refractivity (Wildman–Crippen MR) is 99.4 cm³/mol. The monoisotopic (exact) mass is 341 g/mol. The average molecular weight is 341 g/mol. The summed E-state index contributed by atoms with van der Waals surface area (Å²) in [5.74, 6) is -0.0284. The third-order valence-corrected chi connectivity index (χ3v) is 5.39. The summed E-state index contributed by atoms with van der Waals surface area (Å²) in [5.41, 5.74) is 2.00. The number of benzene rings is 1. The minimum absolute atomic E-state index is 0.0284. The number of nitrogens with zero attached hydrogens (tertiary/aromatic N) is 2. The van der Waals surface area contributed by atoms with E-state index >= 15 is 0 Å². The zero-order valence-corrected chi connectivity index (χ0v) is 15.6. The van der Waals surface area contributed by atoms with E-state index in [1.807, 2.05) is 42.9 Å². The Morgan fingerprint density at radius 1 is 1.25 bits per heavy atom. The number of nitrogens with one attached hydrogen (secondary N) is 1. The van der Waals surface area contributed by atoms with Gasteiger partial charge in [-0.2, -0.15) is 5.10 Å². The Balaban J connectivity index is 1.91. The summed E-state index contributed by atoms with van der Waals surface area (Å²) >= 11 is 1.49. The molecule has 3 aromatic rings. The number of rotatable bonds is 3. The van der Waals surface area contributed by atoms with Crippen molar-refractivity contribution in [2.24, 2.45) is 12.5 Å². The van der Waals surface area contributed by atoms with Crippen LogP contribution in [0.1, 0.15) is 47.7 Å². The Morgan fingerprint density at radius 3 is 2.50 bits per heavy atom. The Morgan fingerprint density at radius 2 is 1.92 bits per heavy atom. The second-order valence-electron chi connectivity index (χ2n) is 7.22. The molecular weight excluding hydrogens is 318 g/mol. The summed E-state index contributed by atoms with van der Waals surface area (Å²) < 4.78 is 1.84. The molecule has 0 aliphatic rings. The van der Waals surface area contributed by atoms with Gasteiger partial charge in [-0.15, -0.1) is 11.3 Å². The molecule has 1 unspecified atom stereocenters. The van der Waals surface area contributed by atoms with Crippen molar-refractivity contribution < 1.29 is 4.79 Å². The van der Waals surface area contributed by atoms with E-state index in [2.05, 4.69) is 43.3 Å². The molecule has 1 atom stereocenters. The van der Waals surface area contributed by atoms with E-state index in [4.69, 9.17) is 0 Å². The summed E-state index contributed by atoms with van der Waals surface area (Å²) in [7, 11) is 1.91. The van der Waals surface area contributed by atoms with E-state index in [1.165, 1.54) is 11.3 Å². The van der Waals surface area contributed by atoms with Crippen molar-refractivity contribution in [2.75, 3.05) is 0 Å². The van der Waals surface area contributed by atoms with Crippen LogP contribution in [0.5, 0.6) is 0 Å². The fourth-order valence-electron chi connectivity index (χ4n) is 2.96. The van der Waals surface area contributed by atoms with Gasteiger partial charge in [-0.1, -0.05) is 51.1 Å². The topological polar surface area (TPSA) is 46.9 Å². The summed E-state index contributed by atoms with van der Waals surface area (Å²) in [6, 6.07) is 12.0. The molecule has 0 aliphatic carbocycles. The van der Waals surface area contributed by atoms with Crippen molar-refractivity contribution in [3.63, 3.8) is 0 Å². The van der Waals surface area contributed by atoms with Gasteiger partial charge in [0.15, 0.2) is 0 Å². The molecule has 0 saturated carbocycles. The first kappa shape index (κ1) is 16.7. The normalized spacial score (nSPS) is 13.2. The maximum absolute atomic E-state index is 12.8. The lowest BCUT2D eigenvalue weighted by Crippen LogP contribution is -2.36. The van der Waals surface area contributed by atoms with Crippen LogP contribution in [0.25, 0.3) is 10.2 Å². The van der Waals surface area contributed by atoms with E-state index in [0.29, 0.717) is 0 Å². The van der Waals surface area contributed by atoms with E-state index in [-0.39, 0.29) is 17.4 Å². The molecule has 4 nitrogen and oxygen atoms in total. The molecule has 0 radical (unpaired) electrons. The largest absolute Gasteiger partial charge is 0.344 e. The number of amides is 1. The van der Waals surface area contributed by atoms with Gasteiger partial charge < -0.3 is 5.32 Å². The van der Waals surface area contributed by atoms with Crippen molar-refractivity contribution in [1.29, 1.82) is 0 Å². The van der Waals surface area contributed by atoms with Crippen molar-refractivity contribution in [3.05, 3.63) is 52.5 Å². The fourth-order valence-corrected chi connectivity index (χ4v) is 3.99. The van der Waals surface area contributed by atoms with Gasteiger partial charge in [0, 0.05) is 12.4 Å². The number of carbonyl (C=O) groups excluding carboxylic acids is 1. The second kappa shape index (κ2) is 6.06. The van der Waals surface area contributed by atoms with Crippen LogP contribution in [0.2, 0.25) is 0 Å². The standard InChI is InChI=1S/C19H23N3OS/c1-12-14-11-15(24-18(14)22(5)21-12)17(23)20-16(19(2,3)4)13-9-7-6-8-10-13/h6-11,16H,1-5H3,(H,20,23).